The van der Waals surface area contributed by atoms with Gasteiger partial charge in [-0.05, 0) is 38.1 Å². The first-order chi connectivity index (χ1) is 10.0. The largest absolute Gasteiger partial charge is 0.368 e. The Morgan fingerprint density at radius 1 is 1.43 bits per heavy atom. The van der Waals surface area contributed by atoms with E-state index < -0.39 is 11.0 Å². The number of benzene rings is 1. The molecular formula is C14H16N4O3. The van der Waals surface area contributed by atoms with Crippen LogP contribution in [-0.2, 0) is 4.79 Å². The van der Waals surface area contributed by atoms with Crippen LogP contribution in [0, 0.1) is 10.1 Å². The van der Waals surface area contributed by atoms with Gasteiger partial charge in [-0.2, -0.15) is 0 Å². The van der Waals surface area contributed by atoms with Gasteiger partial charge in [0.25, 0.3) is 0 Å². The summed E-state index contributed by atoms with van der Waals surface area (Å²) < 4.78 is 0. The van der Waals surface area contributed by atoms with E-state index >= 15 is 0 Å². The molecule has 7 heteroatoms. The molecule has 7 nitrogen and oxygen atoms in total. The van der Waals surface area contributed by atoms with E-state index in [4.69, 9.17) is 0 Å². The van der Waals surface area contributed by atoms with E-state index in [1.54, 1.807) is 37.4 Å². The van der Waals surface area contributed by atoms with Crippen LogP contribution in [0.1, 0.15) is 13.8 Å². The molecule has 0 fully saturated rings. The molecule has 1 aromatic carbocycles. The second kappa shape index (κ2) is 6.17. The number of nitro groups is 1. The number of amides is 1. The van der Waals surface area contributed by atoms with Crippen LogP contribution in [0.25, 0.3) is 10.9 Å². The van der Waals surface area contributed by atoms with Crippen molar-refractivity contribution in [3.8, 4) is 0 Å². The van der Waals surface area contributed by atoms with Crippen LogP contribution < -0.4 is 10.6 Å². The van der Waals surface area contributed by atoms with Crippen molar-refractivity contribution in [2.45, 2.75) is 19.9 Å². The van der Waals surface area contributed by atoms with Gasteiger partial charge in [0.2, 0.25) is 5.91 Å². The van der Waals surface area contributed by atoms with Gasteiger partial charge in [0, 0.05) is 12.7 Å². The molecule has 2 rings (SSSR count). The Balaban J connectivity index is 2.42. The van der Waals surface area contributed by atoms with Gasteiger partial charge in [-0.3, -0.25) is 19.9 Å². The first-order valence-corrected chi connectivity index (χ1v) is 6.61. The number of hydrogen-bond acceptors (Lipinski definition) is 5. The molecule has 0 spiro atoms. The number of nitro benzene ring substituents is 1. The van der Waals surface area contributed by atoms with Gasteiger partial charge in [-0.15, -0.1) is 0 Å². The Bertz CT molecular complexity index is 687. The fourth-order valence-electron chi connectivity index (χ4n) is 2.08. The summed E-state index contributed by atoms with van der Waals surface area (Å²) in [7, 11) is 0. The van der Waals surface area contributed by atoms with Crippen LogP contribution in [0.3, 0.4) is 0 Å². The Morgan fingerprint density at radius 2 is 2.19 bits per heavy atom. The van der Waals surface area contributed by atoms with Gasteiger partial charge in [-0.25, -0.2) is 0 Å². The number of pyridine rings is 1. The smallest absolute Gasteiger partial charge is 0.301 e. The minimum absolute atomic E-state index is 0.0725. The number of aromatic nitrogens is 1. The van der Waals surface area contributed by atoms with Gasteiger partial charge < -0.3 is 10.6 Å². The number of rotatable bonds is 5. The highest BCUT2D eigenvalue weighted by molar-refractivity contribution is 5.95. The van der Waals surface area contributed by atoms with Crippen molar-refractivity contribution in [2.24, 2.45) is 0 Å². The SMILES string of the molecule is CCNC(=O)C(C)Nc1ccc2ncccc2c1[N+](=O)[O-]. The maximum Gasteiger partial charge on any atom is 0.301 e. The topological polar surface area (TPSA) is 97.2 Å². The number of hydrogen-bond donors (Lipinski definition) is 2. The van der Waals surface area contributed by atoms with Crippen LogP contribution in [0.5, 0.6) is 0 Å². The molecule has 2 N–H and O–H groups in total. The van der Waals surface area contributed by atoms with Gasteiger partial charge in [0.05, 0.1) is 15.8 Å². The predicted octanol–water partition coefficient (Wildman–Crippen LogP) is 2.08. The molecule has 1 unspecified atom stereocenters. The number of nitrogens with one attached hydrogen (secondary N) is 2. The Labute approximate surface area is 121 Å². The number of anilines is 1. The summed E-state index contributed by atoms with van der Waals surface area (Å²) in [6, 6.07) is 5.98. The van der Waals surface area contributed by atoms with Crippen LogP contribution in [-0.4, -0.2) is 28.4 Å². The quantitative estimate of drug-likeness (QED) is 0.648. The Kier molecular flexibility index (Phi) is 4.32. The third kappa shape index (κ3) is 3.07. The molecule has 110 valence electrons. The zero-order chi connectivity index (χ0) is 15.4. The average Bonchev–Trinajstić information content (AvgIpc) is 2.46. The van der Waals surface area contributed by atoms with E-state index in [1.807, 2.05) is 6.92 Å². The minimum atomic E-state index is -0.572. The molecule has 0 aliphatic rings. The predicted molar refractivity (Wildman–Crippen MR) is 80.2 cm³/mol. The Morgan fingerprint density at radius 3 is 2.86 bits per heavy atom. The van der Waals surface area contributed by atoms with E-state index in [0.717, 1.165) is 0 Å². The zero-order valence-corrected chi connectivity index (χ0v) is 11.8. The number of nitrogens with zero attached hydrogens (tertiary/aromatic N) is 2. The molecule has 0 bridgehead atoms. The lowest BCUT2D eigenvalue weighted by molar-refractivity contribution is -0.382. The molecule has 0 aliphatic carbocycles. The normalized spacial score (nSPS) is 11.9. The standard InChI is InChI=1S/C14H16N4O3/c1-3-15-14(19)9(2)17-12-7-6-11-10(5-4-8-16-11)13(12)18(20)21/h4-9,17H,3H2,1-2H3,(H,15,19). The number of fused-ring (bicyclic) bond motifs is 1. The molecule has 21 heavy (non-hydrogen) atoms. The molecule has 1 atom stereocenters. The molecular weight excluding hydrogens is 272 g/mol. The summed E-state index contributed by atoms with van der Waals surface area (Å²) in [6.45, 7) is 3.98. The third-order valence-corrected chi connectivity index (χ3v) is 3.06. The van der Waals surface area contributed by atoms with Crippen molar-refractivity contribution >= 4 is 28.2 Å². The molecule has 1 amide bonds. The summed E-state index contributed by atoms with van der Waals surface area (Å²) in [5.74, 6) is -0.210. The number of carbonyl (C=O) groups is 1. The average molecular weight is 288 g/mol. The summed E-state index contributed by atoms with van der Waals surface area (Å²) in [5, 5.41) is 17.3. The lowest BCUT2D eigenvalue weighted by Gasteiger charge is -2.15. The van der Waals surface area contributed by atoms with Gasteiger partial charge in [-0.1, -0.05) is 0 Å². The van der Waals surface area contributed by atoms with E-state index in [1.165, 1.54) is 0 Å². The number of likely N-dealkylation sites (N-methyl/N-ethyl adjacent to an activating group) is 1. The van der Waals surface area contributed by atoms with Crippen molar-refractivity contribution < 1.29 is 9.72 Å². The lowest BCUT2D eigenvalue weighted by atomic mass is 10.1. The van der Waals surface area contributed by atoms with Gasteiger partial charge in [0.1, 0.15) is 11.7 Å². The number of carbonyl (C=O) groups excluding carboxylic acids is 1. The summed E-state index contributed by atoms with van der Waals surface area (Å²) in [5.41, 5.74) is 0.774. The summed E-state index contributed by atoms with van der Waals surface area (Å²) in [4.78, 5) is 26.7. The lowest BCUT2D eigenvalue weighted by Crippen LogP contribution is -2.37. The van der Waals surface area contributed by atoms with Crippen LogP contribution in [0.2, 0.25) is 0 Å². The molecule has 0 saturated carbocycles. The second-order valence-electron chi connectivity index (χ2n) is 4.55. The fraction of sp³-hybridized carbons (Fsp3) is 0.286. The van der Waals surface area contributed by atoms with Gasteiger partial charge in [0.15, 0.2) is 0 Å². The Hall–Kier alpha value is -2.70. The van der Waals surface area contributed by atoms with Crippen LogP contribution >= 0.6 is 0 Å². The van der Waals surface area contributed by atoms with Crippen LogP contribution in [0.4, 0.5) is 11.4 Å². The summed E-state index contributed by atoms with van der Waals surface area (Å²) in [6.07, 6.45) is 1.58. The van der Waals surface area contributed by atoms with Crippen molar-refractivity contribution in [3.05, 3.63) is 40.6 Å². The van der Waals surface area contributed by atoms with Crippen LogP contribution in [0.15, 0.2) is 30.5 Å². The molecule has 0 saturated heterocycles. The van der Waals surface area contributed by atoms with Crippen molar-refractivity contribution in [2.75, 3.05) is 11.9 Å². The van der Waals surface area contributed by atoms with Crippen molar-refractivity contribution in [1.82, 2.24) is 10.3 Å². The monoisotopic (exact) mass is 288 g/mol. The first kappa shape index (κ1) is 14.7. The molecule has 2 aromatic rings. The molecule has 1 aromatic heterocycles. The molecule has 0 aliphatic heterocycles. The zero-order valence-electron chi connectivity index (χ0n) is 11.8. The fourth-order valence-corrected chi connectivity index (χ4v) is 2.08. The highest BCUT2D eigenvalue weighted by atomic mass is 16.6. The maximum atomic E-state index is 11.7. The first-order valence-electron chi connectivity index (χ1n) is 6.61. The van der Waals surface area contributed by atoms with Crippen molar-refractivity contribution in [1.29, 1.82) is 0 Å². The maximum absolute atomic E-state index is 11.7. The van der Waals surface area contributed by atoms with E-state index in [0.29, 0.717) is 23.1 Å². The third-order valence-electron chi connectivity index (χ3n) is 3.06. The second-order valence-corrected chi connectivity index (χ2v) is 4.55. The van der Waals surface area contributed by atoms with E-state index in [-0.39, 0.29) is 11.6 Å². The van der Waals surface area contributed by atoms with Crippen molar-refractivity contribution in [3.63, 3.8) is 0 Å². The van der Waals surface area contributed by atoms with Gasteiger partial charge >= 0.3 is 5.69 Å². The molecule has 0 radical (unpaired) electrons. The van der Waals surface area contributed by atoms with E-state index in [9.17, 15) is 14.9 Å². The van der Waals surface area contributed by atoms with E-state index in [2.05, 4.69) is 15.6 Å². The summed E-state index contributed by atoms with van der Waals surface area (Å²) >= 11 is 0. The highest BCUT2D eigenvalue weighted by Crippen LogP contribution is 2.32. The highest BCUT2D eigenvalue weighted by Gasteiger charge is 2.21. The minimum Gasteiger partial charge on any atom is -0.368 e. The molecule has 1 heterocycles.